The van der Waals surface area contributed by atoms with Crippen molar-refractivity contribution in [2.75, 3.05) is 13.1 Å². The lowest BCUT2D eigenvalue weighted by Crippen LogP contribution is -2.29. The van der Waals surface area contributed by atoms with E-state index in [9.17, 15) is 4.79 Å². The lowest BCUT2D eigenvalue weighted by atomic mass is 9.99. The molecule has 0 spiro atoms. The highest BCUT2D eigenvalue weighted by molar-refractivity contribution is 5.92. The average Bonchev–Trinajstić information content (AvgIpc) is 2.98. The highest BCUT2D eigenvalue weighted by Crippen LogP contribution is 2.27. The second kappa shape index (κ2) is 5.18. The molecule has 1 aromatic heterocycles. The van der Waals surface area contributed by atoms with Gasteiger partial charge in [-0.05, 0) is 12.0 Å². The van der Waals surface area contributed by atoms with Gasteiger partial charge in [0.15, 0.2) is 0 Å². The van der Waals surface area contributed by atoms with E-state index in [1.165, 1.54) is 11.8 Å². The van der Waals surface area contributed by atoms with E-state index in [1.54, 1.807) is 12.4 Å². The third kappa shape index (κ3) is 2.47. The molecule has 0 bridgehead atoms. The maximum atomic E-state index is 12.2. The molecule has 1 aliphatic rings. The Hall–Kier alpha value is -2.23. The number of carbonyl (C=O) groups excluding carboxylic acids is 1. The number of benzene rings is 1. The van der Waals surface area contributed by atoms with E-state index >= 15 is 0 Å². The van der Waals surface area contributed by atoms with Crippen LogP contribution in [0.1, 0.15) is 28.4 Å². The van der Waals surface area contributed by atoms with Crippen molar-refractivity contribution in [3.8, 4) is 0 Å². The van der Waals surface area contributed by atoms with Gasteiger partial charge in [-0.15, -0.1) is 0 Å². The average molecular weight is 253 g/mol. The van der Waals surface area contributed by atoms with Gasteiger partial charge in [0.25, 0.3) is 5.91 Å². The Morgan fingerprint density at radius 1 is 1.21 bits per heavy atom. The summed E-state index contributed by atoms with van der Waals surface area (Å²) in [5, 5.41) is 0. The molecule has 0 unspecified atom stereocenters. The molecular formula is C15H15N3O. The molecule has 19 heavy (non-hydrogen) atoms. The lowest BCUT2D eigenvalue weighted by molar-refractivity contribution is 0.0784. The largest absolute Gasteiger partial charge is 0.337 e. The fraction of sp³-hybridized carbons (Fsp3) is 0.267. The predicted molar refractivity (Wildman–Crippen MR) is 71.7 cm³/mol. The number of nitrogens with zero attached hydrogens (tertiary/aromatic N) is 3. The summed E-state index contributed by atoms with van der Waals surface area (Å²) >= 11 is 0. The van der Waals surface area contributed by atoms with Gasteiger partial charge in [0.1, 0.15) is 5.69 Å². The van der Waals surface area contributed by atoms with E-state index in [2.05, 4.69) is 22.1 Å². The number of likely N-dealkylation sites (tertiary alicyclic amines) is 1. The smallest absolute Gasteiger partial charge is 0.274 e. The predicted octanol–water partition coefficient (Wildman–Crippen LogP) is 2.11. The van der Waals surface area contributed by atoms with Crippen molar-refractivity contribution in [2.24, 2.45) is 0 Å². The summed E-state index contributed by atoms with van der Waals surface area (Å²) in [6, 6.07) is 10.4. The molecule has 1 aliphatic heterocycles. The van der Waals surface area contributed by atoms with Crippen LogP contribution in [0.15, 0.2) is 48.9 Å². The Morgan fingerprint density at radius 3 is 2.79 bits per heavy atom. The fourth-order valence-electron chi connectivity index (χ4n) is 2.51. The number of hydrogen-bond acceptors (Lipinski definition) is 3. The molecule has 3 rings (SSSR count). The third-order valence-corrected chi connectivity index (χ3v) is 3.53. The standard InChI is InChI=1S/C15H15N3O/c19-15(14-10-16-7-8-17-14)18-9-6-13(11-18)12-4-2-1-3-5-12/h1-5,7-8,10,13H,6,9,11H2/t13-/m1/s1. The summed E-state index contributed by atoms with van der Waals surface area (Å²) in [5.74, 6) is 0.411. The van der Waals surface area contributed by atoms with Gasteiger partial charge in [0.2, 0.25) is 0 Å². The van der Waals surface area contributed by atoms with Gasteiger partial charge in [0, 0.05) is 31.4 Å². The first-order chi connectivity index (χ1) is 9.34. The molecule has 1 amide bonds. The molecule has 1 atom stereocenters. The molecule has 1 aromatic carbocycles. The SMILES string of the molecule is O=C(c1cnccn1)N1CC[C@@H](c2ccccc2)C1. The summed E-state index contributed by atoms with van der Waals surface area (Å²) in [4.78, 5) is 22.1. The molecule has 96 valence electrons. The number of hydrogen-bond donors (Lipinski definition) is 0. The Balaban J connectivity index is 1.71. The molecule has 4 heteroatoms. The first-order valence-electron chi connectivity index (χ1n) is 6.45. The maximum Gasteiger partial charge on any atom is 0.274 e. The van der Waals surface area contributed by atoms with Crippen LogP contribution in [0.25, 0.3) is 0 Å². The summed E-state index contributed by atoms with van der Waals surface area (Å²) in [7, 11) is 0. The van der Waals surface area contributed by atoms with E-state index in [4.69, 9.17) is 0 Å². The molecule has 0 N–H and O–H groups in total. The molecule has 1 fully saturated rings. The minimum Gasteiger partial charge on any atom is -0.337 e. The zero-order valence-corrected chi connectivity index (χ0v) is 10.6. The van der Waals surface area contributed by atoms with Crippen LogP contribution in [0.5, 0.6) is 0 Å². The Kier molecular flexibility index (Phi) is 3.23. The third-order valence-electron chi connectivity index (χ3n) is 3.53. The Bertz CT molecular complexity index is 556. The topological polar surface area (TPSA) is 46.1 Å². The van der Waals surface area contributed by atoms with E-state index in [1.807, 2.05) is 23.1 Å². The highest BCUT2D eigenvalue weighted by atomic mass is 16.2. The number of amides is 1. The monoisotopic (exact) mass is 253 g/mol. The van der Waals surface area contributed by atoms with E-state index in [-0.39, 0.29) is 5.91 Å². The molecule has 0 aliphatic carbocycles. The van der Waals surface area contributed by atoms with Crippen molar-refractivity contribution < 1.29 is 4.79 Å². The van der Waals surface area contributed by atoms with Crippen molar-refractivity contribution in [1.29, 1.82) is 0 Å². The lowest BCUT2D eigenvalue weighted by Gasteiger charge is -2.15. The van der Waals surface area contributed by atoms with Gasteiger partial charge in [0.05, 0.1) is 6.20 Å². The van der Waals surface area contributed by atoms with Crippen LogP contribution in [0.2, 0.25) is 0 Å². The van der Waals surface area contributed by atoms with Crippen molar-refractivity contribution in [3.63, 3.8) is 0 Å². The Morgan fingerprint density at radius 2 is 2.05 bits per heavy atom. The normalized spacial score (nSPS) is 18.5. The first kappa shape index (κ1) is 11.8. The molecule has 0 radical (unpaired) electrons. The van der Waals surface area contributed by atoms with Crippen molar-refractivity contribution >= 4 is 5.91 Å². The minimum atomic E-state index is -0.0217. The number of rotatable bonds is 2. The van der Waals surface area contributed by atoms with Crippen LogP contribution in [-0.2, 0) is 0 Å². The van der Waals surface area contributed by atoms with Gasteiger partial charge in [-0.25, -0.2) is 4.98 Å². The summed E-state index contributed by atoms with van der Waals surface area (Å²) < 4.78 is 0. The number of aromatic nitrogens is 2. The molecule has 2 aromatic rings. The van der Waals surface area contributed by atoms with Crippen LogP contribution >= 0.6 is 0 Å². The van der Waals surface area contributed by atoms with Gasteiger partial charge in [-0.2, -0.15) is 0 Å². The van der Waals surface area contributed by atoms with E-state index in [0.29, 0.717) is 11.6 Å². The van der Waals surface area contributed by atoms with Crippen molar-refractivity contribution in [2.45, 2.75) is 12.3 Å². The minimum absolute atomic E-state index is 0.0217. The van der Waals surface area contributed by atoms with Crippen LogP contribution in [0.4, 0.5) is 0 Å². The molecule has 2 heterocycles. The molecule has 1 saturated heterocycles. The van der Waals surface area contributed by atoms with E-state index in [0.717, 1.165) is 19.5 Å². The van der Waals surface area contributed by atoms with Crippen LogP contribution in [-0.4, -0.2) is 33.9 Å². The number of carbonyl (C=O) groups is 1. The second-order valence-corrected chi connectivity index (χ2v) is 4.74. The first-order valence-corrected chi connectivity index (χ1v) is 6.45. The van der Waals surface area contributed by atoms with Crippen LogP contribution in [0, 0.1) is 0 Å². The van der Waals surface area contributed by atoms with Crippen molar-refractivity contribution in [1.82, 2.24) is 14.9 Å². The van der Waals surface area contributed by atoms with Gasteiger partial charge < -0.3 is 4.90 Å². The molecule has 0 saturated carbocycles. The summed E-state index contributed by atoms with van der Waals surface area (Å²) in [6.07, 6.45) is 5.67. The van der Waals surface area contributed by atoms with Gasteiger partial charge in [-0.1, -0.05) is 30.3 Å². The maximum absolute atomic E-state index is 12.2. The molecule has 4 nitrogen and oxygen atoms in total. The van der Waals surface area contributed by atoms with Gasteiger partial charge >= 0.3 is 0 Å². The van der Waals surface area contributed by atoms with Crippen LogP contribution < -0.4 is 0 Å². The zero-order valence-electron chi connectivity index (χ0n) is 10.6. The summed E-state index contributed by atoms with van der Waals surface area (Å²) in [6.45, 7) is 1.55. The van der Waals surface area contributed by atoms with Crippen LogP contribution in [0.3, 0.4) is 0 Å². The zero-order chi connectivity index (χ0) is 13.1. The fourth-order valence-corrected chi connectivity index (χ4v) is 2.51. The highest BCUT2D eigenvalue weighted by Gasteiger charge is 2.28. The van der Waals surface area contributed by atoms with Gasteiger partial charge in [-0.3, -0.25) is 9.78 Å². The quantitative estimate of drug-likeness (QED) is 0.823. The summed E-state index contributed by atoms with van der Waals surface area (Å²) in [5.41, 5.74) is 1.73. The molecular weight excluding hydrogens is 238 g/mol. The second-order valence-electron chi connectivity index (χ2n) is 4.74. The van der Waals surface area contributed by atoms with Crippen molar-refractivity contribution in [3.05, 3.63) is 60.2 Å². The van der Waals surface area contributed by atoms with E-state index < -0.39 is 0 Å². The Labute approximate surface area is 112 Å².